The van der Waals surface area contributed by atoms with E-state index in [1.54, 1.807) is 21.3 Å². The molecule has 4 heteroatoms. The van der Waals surface area contributed by atoms with Gasteiger partial charge in [-0.3, -0.25) is 0 Å². The minimum absolute atomic E-state index is 0.203. The Morgan fingerprint density at radius 2 is 1.19 bits per heavy atom. The molecule has 32 heavy (non-hydrogen) atoms. The van der Waals surface area contributed by atoms with Crippen LogP contribution >= 0.6 is 0 Å². The second-order valence-corrected chi connectivity index (χ2v) is 8.64. The van der Waals surface area contributed by atoms with E-state index in [4.69, 9.17) is 19.9 Å². The molecule has 0 saturated carbocycles. The lowest BCUT2D eigenvalue weighted by molar-refractivity contribution is -0.406. The molecule has 2 N–H and O–H groups in total. The average Bonchev–Trinajstić information content (AvgIpc) is 2.83. The van der Waals surface area contributed by atoms with Crippen molar-refractivity contribution in [3.63, 3.8) is 0 Å². The van der Waals surface area contributed by atoms with Crippen molar-refractivity contribution in [2.75, 3.05) is 27.1 Å². The largest absolute Gasteiger partial charge is 0.399 e. The first-order valence-electron chi connectivity index (χ1n) is 12.0. The van der Waals surface area contributed by atoms with E-state index in [1.165, 1.54) is 44.1 Å². The predicted octanol–water partition coefficient (Wildman–Crippen LogP) is 7.24. The van der Waals surface area contributed by atoms with Crippen LogP contribution in [0.5, 0.6) is 0 Å². The van der Waals surface area contributed by atoms with Gasteiger partial charge in [-0.2, -0.15) is 0 Å². The molecule has 2 aromatic carbocycles. The highest BCUT2D eigenvalue weighted by Crippen LogP contribution is 2.44. The van der Waals surface area contributed by atoms with Crippen LogP contribution in [-0.2, 0) is 20.6 Å². The van der Waals surface area contributed by atoms with Gasteiger partial charge in [-0.15, -0.1) is 0 Å². The van der Waals surface area contributed by atoms with Crippen molar-refractivity contribution in [2.24, 2.45) is 5.41 Å². The SMILES string of the molecule is CCCCCCCCC(C)(CCc1ccccc1)C(OC)(OC)OC.Nc1ccccc1. The van der Waals surface area contributed by atoms with Crippen LogP contribution in [0.1, 0.15) is 70.8 Å². The van der Waals surface area contributed by atoms with E-state index in [0.717, 1.165) is 24.9 Å². The minimum Gasteiger partial charge on any atom is -0.399 e. The number of nitrogen functional groups attached to an aromatic ring is 1. The number of ether oxygens (including phenoxy) is 3. The summed E-state index contributed by atoms with van der Waals surface area (Å²) in [5.41, 5.74) is 7.32. The van der Waals surface area contributed by atoms with Crippen molar-refractivity contribution in [3.05, 3.63) is 66.2 Å². The molecule has 0 heterocycles. The Kier molecular flexibility index (Phi) is 13.9. The van der Waals surface area contributed by atoms with Gasteiger partial charge in [-0.05, 0) is 37.0 Å². The highest BCUT2D eigenvalue weighted by Gasteiger charge is 2.49. The molecule has 0 aliphatic carbocycles. The fraction of sp³-hybridized carbons (Fsp3) is 0.571. The van der Waals surface area contributed by atoms with Crippen molar-refractivity contribution in [3.8, 4) is 0 Å². The molecule has 0 saturated heterocycles. The number of hydrogen-bond donors (Lipinski definition) is 1. The highest BCUT2D eigenvalue weighted by atomic mass is 16.9. The first kappa shape index (κ1) is 28.2. The lowest BCUT2D eigenvalue weighted by Gasteiger charge is -2.45. The molecular formula is C28H45NO3. The van der Waals surface area contributed by atoms with E-state index in [2.05, 4.69) is 44.2 Å². The predicted molar refractivity (Wildman–Crippen MR) is 135 cm³/mol. The number of unbranched alkanes of at least 4 members (excludes halogenated alkanes) is 5. The Morgan fingerprint density at radius 3 is 1.66 bits per heavy atom. The average molecular weight is 444 g/mol. The second kappa shape index (κ2) is 15.8. The molecular weight excluding hydrogens is 398 g/mol. The molecule has 180 valence electrons. The van der Waals surface area contributed by atoms with E-state index < -0.39 is 5.97 Å². The van der Waals surface area contributed by atoms with Crippen molar-refractivity contribution in [2.45, 2.75) is 77.6 Å². The van der Waals surface area contributed by atoms with Gasteiger partial charge in [0.15, 0.2) is 0 Å². The summed E-state index contributed by atoms with van der Waals surface area (Å²) in [6.45, 7) is 4.49. The molecule has 0 amide bonds. The Morgan fingerprint density at radius 1 is 0.688 bits per heavy atom. The normalized spacial score (nSPS) is 13.2. The molecule has 0 bridgehead atoms. The third-order valence-electron chi connectivity index (χ3n) is 6.24. The van der Waals surface area contributed by atoms with E-state index in [-0.39, 0.29) is 5.41 Å². The smallest absolute Gasteiger partial charge is 0.287 e. The number of rotatable bonds is 14. The molecule has 0 fully saturated rings. The van der Waals surface area contributed by atoms with Crippen LogP contribution in [0.2, 0.25) is 0 Å². The summed E-state index contributed by atoms with van der Waals surface area (Å²) < 4.78 is 17.2. The van der Waals surface area contributed by atoms with Gasteiger partial charge < -0.3 is 19.9 Å². The summed E-state index contributed by atoms with van der Waals surface area (Å²) in [6, 6.07) is 20.1. The summed E-state index contributed by atoms with van der Waals surface area (Å²) >= 11 is 0. The zero-order chi connectivity index (χ0) is 23.7. The van der Waals surface area contributed by atoms with E-state index in [1.807, 2.05) is 30.3 Å². The Hall–Kier alpha value is -1.88. The van der Waals surface area contributed by atoms with Crippen LogP contribution in [0.3, 0.4) is 0 Å². The van der Waals surface area contributed by atoms with Crippen molar-refractivity contribution < 1.29 is 14.2 Å². The minimum atomic E-state index is -0.995. The van der Waals surface area contributed by atoms with Crippen LogP contribution in [0, 0.1) is 5.41 Å². The van der Waals surface area contributed by atoms with Gasteiger partial charge in [0.05, 0.1) is 0 Å². The van der Waals surface area contributed by atoms with Crippen LogP contribution in [0.4, 0.5) is 5.69 Å². The number of aryl methyl sites for hydroxylation is 1. The molecule has 1 unspecified atom stereocenters. The van der Waals surface area contributed by atoms with Crippen molar-refractivity contribution in [1.29, 1.82) is 0 Å². The molecule has 0 aromatic heterocycles. The van der Waals surface area contributed by atoms with Gasteiger partial charge in [-0.25, -0.2) is 0 Å². The van der Waals surface area contributed by atoms with Gasteiger partial charge in [0, 0.05) is 32.4 Å². The Bertz CT molecular complexity index is 680. The number of anilines is 1. The molecule has 4 nitrogen and oxygen atoms in total. The van der Waals surface area contributed by atoms with Gasteiger partial charge in [-0.1, -0.05) is 101 Å². The van der Waals surface area contributed by atoms with E-state index >= 15 is 0 Å². The molecule has 0 aliphatic rings. The first-order chi connectivity index (χ1) is 15.5. The van der Waals surface area contributed by atoms with Crippen LogP contribution < -0.4 is 5.73 Å². The summed E-state index contributed by atoms with van der Waals surface area (Å²) in [5.74, 6) is -0.995. The summed E-state index contributed by atoms with van der Waals surface area (Å²) in [7, 11) is 5.03. The summed E-state index contributed by atoms with van der Waals surface area (Å²) in [5, 5.41) is 0. The highest BCUT2D eigenvalue weighted by molar-refractivity contribution is 5.35. The number of methoxy groups -OCH3 is 3. The maximum absolute atomic E-state index is 5.74. The van der Waals surface area contributed by atoms with E-state index in [9.17, 15) is 0 Å². The van der Waals surface area contributed by atoms with E-state index in [0.29, 0.717) is 0 Å². The van der Waals surface area contributed by atoms with Gasteiger partial charge in [0.2, 0.25) is 0 Å². The first-order valence-corrected chi connectivity index (χ1v) is 12.0. The Labute approximate surface area is 196 Å². The summed E-state index contributed by atoms with van der Waals surface area (Å²) in [4.78, 5) is 0. The molecule has 1 atom stereocenters. The molecule has 2 aromatic rings. The topological polar surface area (TPSA) is 53.7 Å². The number of para-hydroxylation sites is 1. The zero-order valence-electron chi connectivity index (χ0n) is 20.9. The van der Waals surface area contributed by atoms with Gasteiger partial charge in [0.1, 0.15) is 0 Å². The lowest BCUT2D eigenvalue weighted by atomic mass is 9.76. The summed E-state index contributed by atoms with van der Waals surface area (Å²) in [6.07, 6.45) is 10.7. The number of hydrogen-bond acceptors (Lipinski definition) is 4. The number of nitrogens with two attached hydrogens (primary N) is 1. The van der Waals surface area contributed by atoms with Crippen LogP contribution in [-0.4, -0.2) is 27.3 Å². The molecule has 2 rings (SSSR count). The zero-order valence-corrected chi connectivity index (χ0v) is 20.9. The quantitative estimate of drug-likeness (QED) is 0.190. The standard InChI is InChI=1S/C22H38O3.C6H7N/c1-6-7-8-9-10-14-18-21(2,22(23-3,24-4)25-5)19-17-20-15-12-11-13-16-20;7-6-4-2-1-3-5-6/h11-13,15-16H,6-10,14,17-19H2,1-5H3;1-5H,7H2. The van der Waals surface area contributed by atoms with Gasteiger partial charge in [0.25, 0.3) is 5.97 Å². The molecule has 0 spiro atoms. The number of benzene rings is 2. The maximum Gasteiger partial charge on any atom is 0.287 e. The molecule has 0 radical (unpaired) electrons. The van der Waals surface area contributed by atoms with Crippen molar-refractivity contribution >= 4 is 5.69 Å². The van der Waals surface area contributed by atoms with Crippen LogP contribution in [0.15, 0.2) is 60.7 Å². The van der Waals surface area contributed by atoms with Crippen LogP contribution in [0.25, 0.3) is 0 Å². The third kappa shape index (κ3) is 9.32. The fourth-order valence-corrected chi connectivity index (χ4v) is 4.23. The lowest BCUT2D eigenvalue weighted by Crippen LogP contribution is -2.51. The maximum atomic E-state index is 5.74. The second-order valence-electron chi connectivity index (χ2n) is 8.64. The monoisotopic (exact) mass is 443 g/mol. The fourth-order valence-electron chi connectivity index (χ4n) is 4.23. The van der Waals surface area contributed by atoms with Gasteiger partial charge >= 0.3 is 0 Å². The van der Waals surface area contributed by atoms with Crippen molar-refractivity contribution in [1.82, 2.24) is 0 Å². The molecule has 0 aliphatic heterocycles. The Balaban J connectivity index is 0.000000616. The third-order valence-corrected chi connectivity index (χ3v) is 6.24.